The molecule has 1 amide bonds. The number of carbonyl (C=O) groups is 1. The first-order valence-electron chi connectivity index (χ1n) is 7.40. The van der Waals surface area contributed by atoms with Crippen LogP contribution in [0.4, 0.5) is 0 Å². The van der Waals surface area contributed by atoms with Gasteiger partial charge in [0.25, 0.3) is 5.91 Å². The van der Waals surface area contributed by atoms with Gasteiger partial charge < -0.3 is 15.4 Å². The molecule has 0 bridgehead atoms. The van der Waals surface area contributed by atoms with Crippen molar-refractivity contribution in [2.24, 2.45) is 11.7 Å². The monoisotopic (exact) mass is 276 g/mol. The highest BCUT2D eigenvalue weighted by molar-refractivity contribution is 5.94. The molecule has 0 saturated carbocycles. The first kappa shape index (κ1) is 15.0. The average Bonchev–Trinajstić information content (AvgIpc) is 2.98. The molecule has 20 heavy (non-hydrogen) atoms. The van der Waals surface area contributed by atoms with Gasteiger partial charge in [-0.1, -0.05) is 12.1 Å². The number of carbonyl (C=O) groups excluding carboxylic acids is 1. The summed E-state index contributed by atoms with van der Waals surface area (Å²) < 4.78 is 5.38. The fraction of sp³-hybridized carbons (Fsp3) is 0.562. The second kappa shape index (κ2) is 7.41. The minimum atomic E-state index is 0.110. The fourth-order valence-electron chi connectivity index (χ4n) is 2.56. The van der Waals surface area contributed by atoms with Gasteiger partial charge in [0.05, 0.1) is 6.61 Å². The zero-order chi connectivity index (χ0) is 14.4. The van der Waals surface area contributed by atoms with Gasteiger partial charge in [0.1, 0.15) is 0 Å². The van der Waals surface area contributed by atoms with Crippen LogP contribution in [0.3, 0.4) is 0 Å². The highest BCUT2D eigenvalue weighted by atomic mass is 16.5. The van der Waals surface area contributed by atoms with Crippen molar-refractivity contribution in [2.45, 2.75) is 19.8 Å². The van der Waals surface area contributed by atoms with Crippen molar-refractivity contribution in [1.82, 2.24) is 4.90 Å². The van der Waals surface area contributed by atoms with Gasteiger partial charge in [-0.05, 0) is 44.0 Å². The summed E-state index contributed by atoms with van der Waals surface area (Å²) in [7, 11) is 0. The van der Waals surface area contributed by atoms with E-state index in [1.165, 1.54) is 5.56 Å². The number of hydrogen-bond acceptors (Lipinski definition) is 3. The summed E-state index contributed by atoms with van der Waals surface area (Å²) in [5.74, 6) is 0.592. The maximum absolute atomic E-state index is 12.5. The molecule has 110 valence electrons. The van der Waals surface area contributed by atoms with E-state index in [1.54, 1.807) is 0 Å². The molecular formula is C16H24N2O2. The number of nitrogens with zero attached hydrogens (tertiary/aromatic N) is 1. The number of ether oxygens (including phenoxy) is 1. The molecule has 1 atom stereocenters. The Bertz CT molecular complexity index is 425. The van der Waals surface area contributed by atoms with E-state index in [1.807, 2.05) is 36.1 Å². The summed E-state index contributed by atoms with van der Waals surface area (Å²) in [6, 6.07) is 7.79. The lowest BCUT2D eigenvalue weighted by atomic mass is 10.1. The van der Waals surface area contributed by atoms with E-state index in [-0.39, 0.29) is 5.91 Å². The maximum Gasteiger partial charge on any atom is 0.253 e. The van der Waals surface area contributed by atoms with Gasteiger partial charge in [-0.25, -0.2) is 0 Å². The number of nitrogens with two attached hydrogens (primary N) is 1. The van der Waals surface area contributed by atoms with Gasteiger partial charge >= 0.3 is 0 Å². The molecule has 4 nitrogen and oxygen atoms in total. The van der Waals surface area contributed by atoms with Crippen LogP contribution >= 0.6 is 0 Å². The van der Waals surface area contributed by atoms with E-state index in [0.717, 1.165) is 44.7 Å². The Labute approximate surface area is 120 Å². The largest absolute Gasteiger partial charge is 0.381 e. The summed E-state index contributed by atoms with van der Waals surface area (Å²) >= 11 is 0. The van der Waals surface area contributed by atoms with Crippen molar-refractivity contribution in [2.75, 3.05) is 32.8 Å². The van der Waals surface area contributed by atoms with Gasteiger partial charge in [0.2, 0.25) is 0 Å². The number of amides is 1. The summed E-state index contributed by atoms with van der Waals surface area (Å²) in [4.78, 5) is 14.4. The van der Waals surface area contributed by atoms with Crippen LogP contribution in [-0.2, 0) is 11.2 Å². The zero-order valence-corrected chi connectivity index (χ0v) is 12.2. The fourth-order valence-corrected chi connectivity index (χ4v) is 2.56. The third-order valence-corrected chi connectivity index (χ3v) is 3.81. The predicted octanol–water partition coefficient (Wildman–Crippen LogP) is 1.69. The van der Waals surface area contributed by atoms with Crippen molar-refractivity contribution >= 4 is 5.91 Å². The zero-order valence-electron chi connectivity index (χ0n) is 12.2. The Kier molecular flexibility index (Phi) is 5.56. The lowest BCUT2D eigenvalue weighted by Crippen LogP contribution is -2.35. The summed E-state index contributed by atoms with van der Waals surface area (Å²) in [5.41, 5.74) is 7.47. The highest BCUT2D eigenvalue weighted by Gasteiger charge is 2.22. The second-order valence-corrected chi connectivity index (χ2v) is 5.31. The van der Waals surface area contributed by atoms with E-state index in [2.05, 4.69) is 0 Å². The SMILES string of the molecule is CCN(CC1CCOC1)C(=O)c1ccc(CCN)cc1. The summed E-state index contributed by atoms with van der Waals surface area (Å²) in [6.45, 7) is 5.79. The van der Waals surface area contributed by atoms with Crippen molar-refractivity contribution in [1.29, 1.82) is 0 Å². The highest BCUT2D eigenvalue weighted by Crippen LogP contribution is 2.16. The normalized spacial score (nSPS) is 18.2. The Morgan fingerprint density at radius 3 is 2.70 bits per heavy atom. The van der Waals surface area contributed by atoms with Crippen LogP contribution in [0.15, 0.2) is 24.3 Å². The maximum atomic E-state index is 12.5. The van der Waals surface area contributed by atoms with Crippen LogP contribution in [0.25, 0.3) is 0 Å². The van der Waals surface area contributed by atoms with Gasteiger partial charge in [0, 0.05) is 31.2 Å². The van der Waals surface area contributed by atoms with Crippen LogP contribution in [0, 0.1) is 5.92 Å². The molecule has 1 aliphatic heterocycles. The van der Waals surface area contributed by atoms with Gasteiger partial charge in [-0.2, -0.15) is 0 Å². The molecule has 2 N–H and O–H groups in total. The van der Waals surface area contributed by atoms with Crippen LogP contribution in [0.2, 0.25) is 0 Å². The van der Waals surface area contributed by atoms with E-state index in [9.17, 15) is 4.79 Å². The van der Waals surface area contributed by atoms with E-state index < -0.39 is 0 Å². The van der Waals surface area contributed by atoms with Crippen LogP contribution in [-0.4, -0.2) is 43.7 Å². The lowest BCUT2D eigenvalue weighted by Gasteiger charge is -2.24. The second-order valence-electron chi connectivity index (χ2n) is 5.31. The molecular weight excluding hydrogens is 252 g/mol. The molecule has 1 aromatic rings. The first-order chi connectivity index (χ1) is 9.74. The van der Waals surface area contributed by atoms with Crippen LogP contribution in [0.1, 0.15) is 29.3 Å². The third-order valence-electron chi connectivity index (χ3n) is 3.81. The summed E-state index contributed by atoms with van der Waals surface area (Å²) in [6.07, 6.45) is 1.91. The van der Waals surface area contributed by atoms with Gasteiger partial charge in [-0.3, -0.25) is 4.79 Å². The molecule has 0 aromatic heterocycles. The molecule has 1 saturated heterocycles. The molecule has 1 aliphatic rings. The Morgan fingerprint density at radius 2 is 2.15 bits per heavy atom. The molecule has 2 rings (SSSR count). The van der Waals surface area contributed by atoms with Crippen molar-refractivity contribution < 1.29 is 9.53 Å². The van der Waals surface area contributed by atoms with Gasteiger partial charge in [-0.15, -0.1) is 0 Å². The molecule has 0 aliphatic carbocycles. The van der Waals surface area contributed by atoms with Crippen LogP contribution < -0.4 is 5.73 Å². The Morgan fingerprint density at radius 1 is 1.40 bits per heavy atom. The molecule has 0 spiro atoms. The van der Waals surface area contributed by atoms with Crippen molar-refractivity contribution in [3.63, 3.8) is 0 Å². The van der Waals surface area contributed by atoms with Crippen LogP contribution in [0.5, 0.6) is 0 Å². The minimum absolute atomic E-state index is 0.110. The molecule has 1 aromatic carbocycles. The van der Waals surface area contributed by atoms with Crippen molar-refractivity contribution in [3.05, 3.63) is 35.4 Å². The van der Waals surface area contributed by atoms with E-state index >= 15 is 0 Å². The minimum Gasteiger partial charge on any atom is -0.381 e. The quantitative estimate of drug-likeness (QED) is 0.860. The number of rotatable bonds is 6. The standard InChI is InChI=1S/C16H24N2O2/c1-2-18(11-14-8-10-20-12-14)16(19)15-5-3-13(4-6-15)7-9-17/h3-6,14H,2,7-12,17H2,1H3. The Hall–Kier alpha value is -1.39. The molecule has 0 radical (unpaired) electrons. The number of benzene rings is 1. The molecule has 1 heterocycles. The topological polar surface area (TPSA) is 55.6 Å². The third kappa shape index (κ3) is 3.81. The molecule has 1 fully saturated rings. The average molecular weight is 276 g/mol. The predicted molar refractivity (Wildman–Crippen MR) is 79.7 cm³/mol. The lowest BCUT2D eigenvalue weighted by molar-refractivity contribution is 0.0731. The first-order valence-corrected chi connectivity index (χ1v) is 7.40. The Balaban J connectivity index is 1.99. The molecule has 4 heteroatoms. The number of hydrogen-bond donors (Lipinski definition) is 1. The van der Waals surface area contributed by atoms with Gasteiger partial charge in [0.15, 0.2) is 0 Å². The van der Waals surface area contributed by atoms with E-state index in [4.69, 9.17) is 10.5 Å². The van der Waals surface area contributed by atoms with Crippen molar-refractivity contribution in [3.8, 4) is 0 Å². The van der Waals surface area contributed by atoms with E-state index in [0.29, 0.717) is 12.5 Å². The molecule has 1 unspecified atom stereocenters. The smallest absolute Gasteiger partial charge is 0.253 e. The summed E-state index contributed by atoms with van der Waals surface area (Å²) in [5, 5.41) is 0.